The van der Waals surface area contributed by atoms with Crippen LogP contribution in [0.25, 0.3) is 0 Å². The molecule has 2 nitrogen and oxygen atoms in total. The lowest BCUT2D eigenvalue weighted by Gasteiger charge is -2.15. The highest BCUT2D eigenvalue weighted by Crippen LogP contribution is 2.12. The molecule has 0 aliphatic rings. The lowest BCUT2D eigenvalue weighted by atomic mass is 10.1. The van der Waals surface area contributed by atoms with Gasteiger partial charge >= 0.3 is 0 Å². The summed E-state index contributed by atoms with van der Waals surface area (Å²) in [5.74, 6) is 0. The zero-order valence-electron chi connectivity index (χ0n) is 4.85. The molecule has 0 fully saturated rings. The van der Waals surface area contributed by atoms with Gasteiger partial charge in [0.05, 0.1) is 11.4 Å². The van der Waals surface area contributed by atoms with Crippen LogP contribution in [0.4, 0.5) is 0 Å². The second-order valence-corrected chi connectivity index (χ2v) is 2.53. The first kappa shape index (κ1) is 7.74. The summed E-state index contributed by atoms with van der Waals surface area (Å²) in [6.07, 6.45) is 0. The Bertz CT molecular complexity index is 114. The van der Waals surface area contributed by atoms with Crippen LogP contribution in [0.1, 0.15) is 13.8 Å². The van der Waals surface area contributed by atoms with E-state index in [1.807, 2.05) is 0 Å². The first-order valence-electron chi connectivity index (χ1n) is 2.28. The van der Waals surface area contributed by atoms with E-state index in [0.717, 1.165) is 0 Å². The summed E-state index contributed by atoms with van der Waals surface area (Å²) in [7, 11) is 0. The standard InChI is InChI=1S/C5H8ClNO/c1-4(6)5(2,8)3-7/h4,8H,1-2H3/t4-,5-/m1/s1. The van der Waals surface area contributed by atoms with E-state index in [-0.39, 0.29) is 0 Å². The monoisotopic (exact) mass is 133 g/mol. The van der Waals surface area contributed by atoms with Crippen LogP contribution in [-0.2, 0) is 0 Å². The summed E-state index contributed by atoms with van der Waals surface area (Å²) in [4.78, 5) is 0. The molecule has 46 valence electrons. The van der Waals surface area contributed by atoms with Gasteiger partial charge < -0.3 is 5.11 Å². The van der Waals surface area contributed by atoms with Gasteiger partial charge in [-0.2, -0.15) is 5.26 Å². The van der Waals surface area contributed by atoms with Gasteiger partial charge in [0.1, 0.15) is 0 Å². The lowest BCUT2D eigenvalue weighted by molar-refractivity contribution is 0.119. The number of nitriles is 1. The molecular weight excluding hydrogens is 126 g/mol. The van der Waals surface area contributed by atoms with Gasteiger partial charge in [0.15, 0.2) is 5.60 Å². The Balaban J connectivity index is 3.97. The number of rotatable bonds is 1. The van der Waals surface area contributed by atoms with E-state index < -0.39 is 11.0 Å². The van der Waals surface area contributed by atoms with Gasteiger partial charge in [0.2, 0.25) is 0 Å². The number of alkyl halides is 1. The summed E-state index contributed by atoms with van der Waals surface area (Å²) in [5.41, 5.74) is -1.39. The fourth-order valence-corrected chi connectivity index (χ4v) is 0.138. The number of hydrogen-bond acceptors (Lipinski definition) is 2. The van der Waals surface area contributed by atoms with Crippen molar-refractivity contribution in [3.05, 3.63) is 0 Å². The Morgan fingerprint density at radius 2 is 2.25 bits per heavy atom. The summed E-state index contributed by atoms with van der Waals surface area (Å²) in [6, 6.07) is 1.66. The topological polar surface area (TPSA) is 44.0 Å². The van der Waals surface area contributed by atoms with Crippen molar-refractivity contribution in [2.24, 2.45) is 0 Å². The summed E-state index contributed by atoms with van der Waals surface area (Å²) >= 11 is 5.40. The molecule has 0 unspecified atom stereocenters. The molecule has 1 N–H and O–H groups in total. The van der Waals surface area contributed by atoms with E-state index >= 15 is 0 Å². The molecule has 0 amide bonds. The second-order valence-electron chi connectivity index (χ2n) is 1.88. The summed E-state index contributed by atoms with van der Waals surface area (Å²) in [5, 5.41) is 16.6. The van der Waals surface area contributed by atoms with Gasteiger partial charge in [-0.15, -0.1) is 11.6 Å². The van der Waals surface area contributed by atoms with Gasteiger partial charge in [-0.3, -0.25) is 0 Å². The van der Waals surface area contributed by atoms with E-state index in [1.165, 1.54) is 6.92 Å². The third-order valence-corrected chi connectivity index (χ3v) is 1.43. The number of halogens is 1. The van der Waals surface area contributed by atoms with Crippen molar-refractivity contribution in [3.63, 3.8) is 0 Å². The van der Waals surface area contributed by atoms with Crippen molar-refractivity contribution in [2.45, 2.75) is 24.8 Å². The van der Waals surface area contributed by atoms with Crippen molar-refractivity contribution in [1.82, 2.24) is 0 Å². The molecule has 0 aromatic rings. The van der Waals surface area contributed by atoms with Crippen molar-refractivity contribution in [2.75, 3.05) is 0 Å². The van der Waals surface area contributed by atoms with Gasteiger partial charge in [0, 0.05) is 0 Å². The van der Waals surface area contributed by atoms with Gasteiger partial charge in [-0.1, -0.05) is 0 Å². The maximum atomic E-state index is 8.91. The lowest BCUT2D eigenvalue weighted by Crippen LogP contribution is -2.31. The molecule has 0 saturated carbocycles. The van der Waals surface area contributed by atoms with Crippen LogP contribution in [-0.4, -0.2) is 16.1 Å². The van der Waals surface area contributed by atoms with Crippen molar-refractivity contribution in [1.29, 1.82) is 5.26 Å². The van der Waals surface area contributed by atoms with Crippen LogP contribution in [0.2, 0.25) is 0 Å². The Labute approximate surface area is 53.7 Å². The van der Waals surface area contributed by atoms with Crippen LogP contribution in [0.3, 0.4) is 0 Å². The highest BCUT2D eigenvalue weighted by atomic mass is 35.5. The fraction of sp³-hybridized carbons (Fsp3) is 0.800. The van der Waals surface area contributed by atoms with Crippen molar-refractivity contribution >= 4 is 11.6 Å². The molecule has 3 heteroatoms. The third kappa shape index (κ3) is 1.69. The van der Waals surface area contributed by atoms with Crippen LogP contribution in [0.15, 0.2) is 0 Å². The van der Waals surface area contributed by atoms with Gasteiger partial charge in [-0.05, 0) is 13.8 Å². The summed E-state index contributed by atoms with van der Waals surface area (Å²) in [6.45, 7) is 2.95. The average Bonchev–Trinajstić information content (AvgIpc) is 1.67. The smallest absolute Gasteiger partial charge is 0.164 e. The predicted octanol–water partition coefficient (Wildman–Crippen LogP) is 0.888. The minimum absolute atomic E-state index is 0.521. The molecule has 0 rings (SSSR count). The van der Waals surface area contributed by atoms with E-state index in [2.05, 4.69) is 0 Å². The molecule has 0 saturated heterocycles. The van der Waals surface area contributed by atoms with Crippen LogP contribution < -0.4 is 0 Å². The van der Waals surface area contributed by atoms with Crippen molar-refractivity contribution < 1.29 is 5.11 Å². The Morgan fingerprint density at radius 1 is 1.88 bits per heavy atom. The zero-order valence-corrected chi connectivity index (χ0v) is 5.61. The minimum atomic E-state index is -1.39. The quantitative estimate of drug-likeness (QED) is 0.427. The molecule has 0 bridgehead atoms. The highest BCUT2D eigenvalue weighted by molar-refractivity contribution is 6.21. The first-order valence-corrected chi connectivity index (χ1v) is 2.72. The predicted molar refractivity (Wildman–Crippen MR) is 31.6 cm³/mol. The van der Waals surface area contributed by atoms with E-state index in [1.54, 1.807) is 13.0 Å². The molecule has 0 aromatic heterocycles. The van der Waals surface area contributed by atoms with E-state index in [4.69, 9.17) is 22.0 Å². The molecule has 0 aromatic carbocycles. The molecule has 0 spiro atoms. The molecule has 0 heterocycles. The molecule has 0 radical (unpaired) electrons. The fourth-order valence-electron chi connectivity index (χ4n) is 0.0889. The molecule has 2 atom stereocenters. The normalized spacial score (nSPS) is 20.9. The number of hydrogen-bond donors (Lipinski definition) is 1. The highest BCUT2D eigenvalue weighted by Gasteiger charge is 2.25. The molecule has 0 aliphatic heterocycles. The Kier molecular flexibility index (Phi) is 2.26. The average molecular weight is 134 g/mol. The van der Waals surface area contributed by atoms with Crippen LogP contribution >= 0.6 is 11.6 Å². The SMILES string of the molecule is C[C@@H](Cl)[C@](C)(O)C#N. The third-order valence-electron chi connectivity index (χ3n) is 1.00. The Morgan fingerprint density at radius 3 is 2.25 bits per heavy atom. The van der Waals surface area contributed by atoms with Crippen LogP contribution in [0, 0.1) is 11.3 Å². The van der Waals surface area contributed by atoms with E-state index in [9.17, 15) is 0 Å². The second kappa shape index (κ2) is 2.34. The Hall–Kier alpha value is -0.260. The van der Waals surface area contributed by atoms with Crippen molar-refractivity contribution in [3.8, 4) is 6.07 Å². The minimum Gasteiger partial charge on any atom is -0.374 e. The largest absolute Gasteiger partial charge is 0.374 e. The van der Waals surface area contributed by atoms with Gasteiger partial charge in [-0.25, -0.2) is 0 Å². The first-order chi connectivity index (χ1) is 3.50. The van der Waals surface area contributed by atoms with Gasteiger partial charge in [0.25, 0.3) is 0 Å². The molecule has 0 aliphatic carbocycles. The molecule has 8 heavy (non-hydrogen) atoms. The maximum Gasteiger partial charge on any atom is 0.164 e. The van der Waals surface area contributed by atoms with Crippen LogP contribution in [0.5, 0.6) is 0 Å². The maximum absolute atomic E-state index is 8.91. The van der Waals surface area contributed by atoms with E-state index in [0.29, 0.717) is 0 Å². The molecular formula is C5H8ClNO. The number of nitrogens with zero attached hydrogens (tertiary/aromatic N) is 1. The summed E-state index contributed by atoms with van der Waals surface area (Å²) < 4.78 is 0. The number of aliphatic hydroxyl groups is 1. The zero-order chi connectivity index (χ0) is 6.78.